The standard InChI is InChI=1S/C8H14N2O.C5H5NO.C4H6O4.C3H9NO.C2H3BO2.C2H6O.Na/c11-6-2-4-9-7-8-3-1-5-10-8;7-4-5-2-1-3-6-5;1-3(5)7-8-4(2)6;4-2-1-3-5;1-2(4)5-3;1-2-3;/h3,5,9,11H,1-2,4,6-7H2;2-4H,1H2;1-2H3;5H,1-4H2;1H3;3H,2H2,1H3;/q;;;;-1;;+1. The van der Waals surface area contributed by atoms with Gasteiger partial charge in [0.25, 0.3) is 0 Å². The van der Waals surface area contributed by atoms with Crippen LogP contribution in [0.4, 0.5) is 0 Å². The molecule has 6 N–H and O–H groups in total. The molecule has 0 spiro atoms. The first-order valence-electron chi connectivity index (χ1n) is 12.0. The summed E-state index contributed by atoms with van der Waals surface area (Å²) < 4.78 is 3.61. The predicted molar refractivity (Wildman–Crippen MR) is 148 cm³/mol. The minimum Gasteiger partial charge on any atom is -0.793 e. The van der Waals surface area contributed by atoms with Gasteiger partial charge in [-0.15, -0.1) is 0 Å². The summed E-state index contributed by atoms with van der Waals surface area (Å²) in [5, 5.41) is 27.2. The van der Waals surface area contributed by atoms with Gasteiger partial charge in [0.1, 0.15) is 0 Å². The first-order valence-corrected chi connectivity index (χ1v) is 12.0. The number of rotatable bonds is 8. The van der Waals surface area contributed by atoms with E-state index in [1.54, 1.807) is 19.2 Å². The summed E-state index contributed by atoms with van der Waals surface area (Å²) in [6.07, 6.45) is 11.6. The van der Waals surface area contributed by atoms with Crippen molar-refractivity contribution < 1.29 is 78.5 Å². The van der Waals surface area contributed by atoms with E-state index >= 15 is 0 Å². The van der Waals surface area contributed by atoms with Crippen LogP contribution in [0.25, 0.3) is 0 Å². The van der Waals surface area contributed by atoms with Gasteiger partial charge >= 0.3 is 41.5 Å². The number of nitrogens with two attached hydrogens (primary N) is 1. The smallest absolute Gasteiger partial charge is 0.793 e. The number of carbonyl (C=O) groups is 4. The van der Waals surface area contributed by atoms with Gasteiger partial charge in [0.2, 0.25) is 5.97 Å². The Kier molecular flexibility index (Phi) is 49.0. The molecule has 0 aromatic heterocycles. The van der Waals surface area contributed by atoms with Crippen molar-refractivity contribution in [2.24, 2.45) is 15.7 Å². The number of aliphatic hydroxyl groups is 3. The Morgan fingerprint density at radius 3 is 1.70 bits per heavy atom. The number of aldehydes is 1. The van der Waals surface area contributed by atoms with E-state index in [0.717, 1.165) is 64.6 Å². The van der Waals surface area contributed by atoms with Gasteiger partial charge in [0, 0.05) is 72.4 Å². The molecule has 0 amide bonds. The van der Waals surface area contributed by atoms with Crippen molar-refractivity contribution in [2.75, 3.05) is 39.5 Å². The van der Waals surface area contributed by atoms with Crippen molar-refractivity contribution in [1.82, 2.24) is 5.32 Å². The molecule has 3 radical (unpaired) electrons. The van der Waals surface area contributed by atoms with Gasteiger partial charge in [-0.3, -0.25) is 19.6 Å². The summed E-state index contributed by atoms with van der Waals surface area (Å²) in [5.41, 5.74) is 6.65. The minimum atomic E-state index is -0.639. The van der Waals surface area contributed by atoms with Crippen LogP contribution >= 0.6 is 0 Å². The van der Waals surface area contributed by atoms with Crippen LogP contribution in [0, 0.1) is 0 Å². The topological polar surface area (TPSA) is 219 Å². The molecule has 0 saturated carbocycles. The third kappa shape index (κ3) is 52.2. The van der Waals surface area contributed by atoms with Crippen molar-refractivity contribution in [2.45, 2.75) is 53.4 Å². The Labute approximate surface area is 259 Å². The molecule has 0 bridgehead atoms. The van der Waals surface area contributed by atoms with Crippen LogP contribution in [0.2, 0.25) is 0 Å². The van der Waals surface area contributed by atoms with Crippen LogP contribution in [-0.4, -0.2) is 99.4 Å². The third-order valence-electron chi connectivity index (χ3n) is 3.13. The van der Waals surface area contributed by atoms with Crippen molar-refractivity contribution in [3.63, 3.8) is 0 Å². The zero-order valence-corrected chi connectivity index (χ0v) is 26.2. The average Bonchev–Trinajstić information content (AvgIpc) is 3.62. The summed E-state index contributed by atoms with van der Waals surface area (Å²) in [4.78, 5) is 54.5. The van der Waals surface area contributed by atoms with E-state index < -0.39 is 17.9 Å². The van der Waals surface area contributed by atoms with Crippen LogP contribution in [0.3, 0.4) is 0 Å². The molecule has 0 atom stereocenters. The quantitative estimate of drug-likeness (QED) is 0.0631. The monoisotopic (exact) mass is 581 g/mol. The Balaban J connectivity index is -0.000000127. The predicted octanol–water partition coefficient (Wildman–Crippen LogP) is -3.15. The largest absolute Gasteiger partial charge is 1.00 e. The second-order valence-corrected chi connectivity index (χ2v) is 6.73. The molecule has 223 valence electrons. The van der Waals surface area contributed by atoms with Gasteiger partial charge in [-0.1, -0.05) is 12.2 Å². The molecule has 0 aromatic carbocycles. The van der Waals surface area contributed by atoms with Gasteiger partial charge in [-0.05, 0) is 32.9 Å². The molecule has 2 aliphatic rings. The van der Waals surface area contributed by atoms with E-state index in [2.05, 4.69) is 43.9 Å². The number of aliphatic imine (C=N–C) groups is 2. The van der Waals surface area contributed by atoms with Crippen LogP contribution in [0.15, 0.2) is 33.5 Å². The van der Waals surface area contributed by atoms with Crippen LogP contribution in [0.1, 0.15) is 53.4 Å². The molecule has 16 heteroatoms. The summed E-state index contributed by atoms with van der Waals surface area (Å²) >= 11 is 0. The molecular formula is C24H43BN4NaO10. The molecule has 0 fully saturated rings. The molecule has 0 unspecified atom stereocenters. The van der Waals surface area contributed by atoms with Crippen LogP contribution in [-0.2, 0) is 33.6 Å². The first-order chi connectivity index (χ1) is 18.6. The van der Waals surface area contributed by atoms with Crippen molar-refractivity contribution >= 4 is 44.7 Å². The summed E-state index contributed by atoms with van der Waals surface area (Å²) in [6.45, 7) is 8.22. The number of allylic oxidation sites excluding steroid dienone is 3. The first kappa shape index (κ1) is 47.5. The minimum absolute atomic E-state index is 0. The fraction of sp³-hybridized carbons (Fsp3) is 0.583. The van der Waals surface area contributed by atoms with E-state index in [0.29, 0.717) is 12.2 Å². The van der Waals surface area contributed by atoms with E-state index in [1.807, 2.05) is 6.21 Å². The number of nitrogens with one attached hydrogen (secondary N) is 1. The molecule has 0 aliphatic carbocycles. The fourth-order valence-corrected chi connectivity index (χ4v) is 1.62. The van der Waals surface area contributed by atoms with Gasteiger partial charge in [-0.2, -0.15) is 0 Å². The van der Waals surface area contributed by atoms with Crippen molar-refractivity contribution in [3.05, 3.63) is 23.5 Å². The van der Waals surface area contributed by atoms with Crippen molar-refractivity contribution in [3.8, 4) is 0 Å². The Hall–Kier alpha value is -2.24. The van der Waals surface area contributed by atoms with Gasteiger partial charge in [0.15, 0.2) is 6.29 Å². The number of hydrogen-bond acceptors (Lipinski definition) is 14. The molecule has 2 aliphatic heterocycles. The zero-order chi connectivity index (χ0) is 30.7. The zero-order valence-electron chi connectivity index (χ0n) is 24.2. The number of carbonyl (C=O) groups excluding carboxylic acids is 4. The maximum absolute atomic E-state index is 9.85. The summed E-state index contributed by atoms with van der Waals surface area (Å²) in [6, 6.07) is 0. The molecule has 14 nitrogen and oxygen atoms in total. The van der Waals surface area contributed by atoms with Crippen LogP contribution in [0.5, 0.6) is 0 Å². The second-order valence-electron chi connectivity index (χ2n) is 6.73. The van der Waals surface area contributed by atoms with E-state index in [4.69, 9.17) is 21.1 Å². The Bertz CT molecular complexity index is 735. The van der Waals surface area contributed by atoms with Gasteiger partial charge < -0.3 is 39.1 Å². The summed E-state index contributed by atoms with van der Waals surface area (Å²) in [5.74, 6) is -1.74. The fourth-order valence-electron chi connectivity index (χ4n) is 1.62. The van der Waals surface area contributed by atoms with Gasteiger partial charge in [0.05, 0.1) is 11.4 Å². The van der Waals surface area contributed by atoms with Crippen molar-refractivity contribution in [1.29, 1.82) is 0 Å². The molecular weight excluding hydrogens is 538 g/mol. The normalized spacial score (nSPS) is 11.1. The Morgan fingerprint density at radius 1 is 0.975 bits per heavy atom. The molecule has 0 aromatic rings. The molecule has 0 saturated heterocycles. The van der Waals surface area contributed by atoms with E-state index in [9.17, 15) is 19.2 Å². The number of hydrogen-bond donors (Lipinski definition) is 5. The number of nitrogens with zero attached hydrogens (tertiary/aromatic N) is 2. The van der Waals surface area contributed by atoms with Crippen LogP contribution < -0.4 is 40.6 Å². The third-order valence-corrected chi connectivity index (χ3v) is 3.13. The molecule has 2 heterocycles. The van der Waals surface area contributed by atoms with E-state index in [-0.39, 0.29) is 49.4 Å². The maximum atomic E-state index is 9.85. The second kappa shape index (κ2) is 41.2. The number of aliphatic hydroxyl groups excluding tert-OH is 3. The Morgan fingerprint density at radius 2 is 1.45 bits per heavy atom. The summed E-state index contributed by atoms with van der Waals surface area (Å²) in [7, 11) is 4.32. The molecule has 40 heavy (non-hydrogen) atoms. The average molecular weight is 581 g/mol. The molecule has 2 rings (SSSR count). The SMILES string of the molecule is CC(=O)OOC(C)=O.CCO.NCCCO.O=CC1=CCC=N1.OCCCNCC1=CCC=N1.[B-]OC(C)=O.[Na+]. The van der Waals surface area contributed by atoms with E-state index in [1.165, 1.54) is 6.92 Å². The van der Waals surface area contributed by atoms with Gasteiger partial charge in [-0.25, -0.2) is 19.4 Å². The maximum Gasteiger partial charge on any atom is 1.00 e.